The van der Waals surface area contributed by atoms with Gasteiger partial charge in [-0.05, 0) is 6.42 Å². The van der Waals surface area contributed by atoms with Crippen molar-refractivity contribution in [2.75, 3.05) is 0 Å². The standard InChI is InChI=1S/C6H9BrO3/c1-3-4(2)5(8)6(9)10-7/h4H,3H2,1-2H3. The number of ketones is 1. The molecule has 0 fully saturated rings. The summed E-state index contributed by atoms with van der Waals surface area (Å²) in [5.41, 5.74) is 0. The molecule has 0 spiro atoms. The van der Waals surface area contributed by atoms with E-state index in [-0.39, 0.29) is 5.92 Å². The zero-order chi connectivity index (χ0) is 8.15. The van der Waals surface area contributed by atoms with Crippen molar-refractivity contribution in [2.45, 2.75) is 20.3 Å². The van der Waals surface area contributed by atoms with E-state index in [0.717, 1.165) is 0 Å². The Morgan fingerprint density at radius 1 is 1.60 bits per heavy atom. The zero-order valence-corrected chi connectivity index (χ0v) is 7.47. The van der Waals surface area contributed by atoms with Gasteiger partial charge in [-0.15, -0.1) is 0 Å². The van der Waals surface area contributed by atoms with Gasteiger partial charge in [-0.1, -0.05) is 13.8 Å². The van der Waals surface area contributed by atoms with E-state index in [2.05, 4.69) is 20.1 Å². The number of rotatable bonds is 3. The molecule has 0 aromatic heterocycles. The molecule has 10 heavy (non-hydrogen) atoms. The van der Waals surface area contributed by atoms with Gasteiger partial charge >= 0.3 is 5.97 Å². The fourth-order valence-electron chi connectivity index (χ4n) is 0.425. The summed E-state index contributed by atoms with van der Waals surface area (Å²) in [6.07, 6.45) is 0.654. The van der Waals surface area contributed by atoms with Crippen molar-refractivity contribution < 1.29 is 13.4 Å². The third-order valence-corrected chi connectivity index (χ3v) is 1.63. The molecule has 1 unspecified atom stereocenters. The van der Waals surface area contributed by atoms with Crippen LogP contribution < -0.4 is 0 Å². The monoisotopic (exact) mass is 208 g/mol. The second-order valence-corrected chi connectivity index (χ2v) is 2.36. The predicted octanol–water partition coefficient (Wildman–Crippen LogP) is 1.45. The van der Waals surface area contributed by atoms with Crippen molar-refractivity contribution >= 4 is 28.0 Å². The molecule has 0 rings (SSSR count). The lowest BCUT2D eigenvalue weighted by molar-refractivity contribution is -0.147. The number of halogens is 1. The molecule has 0 heterocycles. The molecule has 1 atom stereocenters. The van der Waals surface area contributed by atoms with E-state index in [9.17, 15) is 9.59 Å². The summed E-state index contributed by atoms with van der Waals surface area (Å²) in [6.45, 7) is 3.52. The van der Waals surface area contributed by atoms with Gasteiger partial charge in [0.05, 0.1) is 0 Å². The molecule has 0 radical (unpaired) electrons. The van der Waals surface area contributed by atoms with Gasteiger partial charge in [0.15, 0.2) is 16.3 Å². The van der Waals surface area contributed by atoms with Crippen molar-refractivity contribution in [3.8, 4) is 0 Å². The normalized spacial score (nSPS) is 12.3. The molecular formula is C6H9BrO3. The minimum atomic E-state index is -0.825. The summed E-state index contributed by atoms with van der Waals surface area (Å²) in [5.74, 6) is -1.56. The maximum Gasteiger partial charge on any atom is 0.386 e. The van der Waals surface area contributed by atoms with E-state index >= 15 is 0 Å². The Balaban J connectivity index is 3.95. The predicted molar refractivity (Wildman–Crippen MR) is 39.5 cm³/mol. The van der Waals surface area contributed by atoms with Gasteiger partial charge in [0, 0.05) is 5.92 Å². The van der Waals surface area contributed by atoms with Gasteiger partial charge in [0.25, 0.3) is 0 Å². The third kappa shape index (κ3) is 2.47. The van der Waals surface area contributed by atoms with Crippen LogP contribution in [0.15, 0.2) is 0 Å². The van der Waals surface area contributed by atoms with Crippen LogP contribution in [-0.4, -0.2) is 11.8 Å². The molecular weight excluding hydrogens is 200 g/mol. The maximum atomic E-state index is 10.8. The molecule has 58 valence electrons. The largest absolute Gasteiger partial charge is 0.386 e. The maximum absolute atomic E-state index is 10.8. The number of hydrogen-bond donors (Lipinski definition) is 0. The number of Topliss-reactive ketones (excluding diaryl/α,β-unsaturated/α-hetero) is 1. The van der Waals surface area contributed by atoms with Crippen molar-refractivity contribution in [1.29, 1.82) is 0 Å². The van der Waals surface area contributed by atoms with Gasteiger partial charge < -0.3 is 3.83 Å². The summed E-state index contributed by atoms with van der Waals surface area (Å²) in [7, 11) is 0. The van der Waals surface area contributed by atoms with Crippen LogP contribution in [0.2, 0.25) is 0 Å². The highest BCUT2D eigenvalue weighted by atomic mass is 79.9. The third-order valence-electron chi connectivity index (χ3n) is 1.33. The number of hydrogen-bond acceptors (Lipinski definition) is 3. The Kier molecular flexibility index (Phi) is 4.27. The van der Waals surface area contributed by atoms with Crippen molar-refractivity contribution in [3.05, 3.63) is 0 Å². The SMILES string of the molecule is CCC(C)C(=O)C(=O)OBr. The lowest BCUT2D eigenvalue weighted by Gasteiger charge is -2.01. The smallest absolute Gasteiger partial charge is 0.378 e. The molecule has 0 aliphatic rings. The Labute approximate surface area is 68.2 Å². The van der Waals surface area contributed by atoms with Crippen LogP contribution in [-0.2, 0) is 13.4 Å². The molecule has 0 saturated carbocycles. The second-order valence-electron chi connectivity index (χ2n) is 2.04. The topological polar surface area (TPSA) is 43.4 Å². The minimum absolute atomic E-state index is 0.245. The van der Waals surface area contributed by atoms with Crippen LogP contribution in [0, 0.1) is 5.92 Å². The number of carbonyl (C=O) groups excluding carboxylic acids is 2. The highest BCUT2D eigenvalue weighted by Gasteiger charge is 2.20. The molecule has 3 nitrogen and oxygen atoms in total. The second kappa shape index (κ2) is 4.44. The van der Waals surface area contributed by atoms with E-state index < -0.39 is 11.8 Å². The first kappa shape index (κ1) is 9.62. The molecule has 0 aromatic carbocycles. The molecule has 0 N–H and O–H groups in total. The Bertz CT molecular complexity index is 144. The molecule has 0 amide bonds. The zero-order valence-electron chi connectivity index (χ0n) is 5.89. The Hall–Kier alpha value is -0.380. The van der Waals surface area contributed by atoms with E-state index in [1.54, 1.807) is 6.92 Å². The minimum Gasteiger partial charge on any atom is -0.378 e. The molecule has 0 bridgehead atoms. The summed E-state index contributed by atoms with van der Waals surface area (Å²) < 4.78 is 4.06. The van der Waals surface area contributed by atoms with E-state index in [0.29, 0.717) is 6.42 Å². The van der Waals surface area contributed by atoms with Gasteiger partial charge in [0.2, 0.25) is 5.78 Å². The van der Waals surface area contributed by atoms with Crippen molar-refractivity contribution in [1.82, 2.24) is 0 Å². The first-order valence-corrected chi connectivity index (χ1v) is 3.65. The Morgan fingerprint density at radius 3 is 2.40 bits per heavy atom. The lowest BCUT2D eigenvalue weighted by atomic mass is 10.0. The summed E-state index contributed by atoms with van der Waals surface area (Å²) in [6, 6.07) is 0. The molecule has 4 heteroatoms. The fraction of sp³-hybridized carbons (Fsp3) is 0.667. The molecule has 0 aliphatic carbocycles. The van der Waals surface area contributed by atoms with E-state index in [1.165, 1.54) is 0 Å². The van der Waals surface area contributed by atoms with E-state index in [1.807, 2.05) is 6.92 Å². The van der Waals surface area contributed by atoms with E-state index in [4.69, 9.17) is 0 Å². The van der Waals surface area contributed by atoms with Crippen LogP contribution in [0.3, 0.4) is 0 Å². The quantitative estimate of drug-likeness (QED) is 0.660. The molecule has 0 saturated heterocycles. The average molecular weight is 209 g/mol. The van der Waals surface area contributed by atoms with Crippen LogP contribution in [0.4, 0.5) is 0 Å². The van der Waals surface area contributed by atoms with Crippen LogP contribution in [0.1, 0.15) is 20.3 Å². The molecule has 0 aliphatic heterocycles. The van der Waals surface area contributed by atoms with Crippen LogP contribution in [0.25, 0.3) is 0 Å². The van der Waals surface area contributed by atoms with Gasteiger partial charge in [-0.25, -0.2) is 4.79 Å². The van der Waals surface area contributed by atoms with Gasteiger partial charge in [-0.2, -0.15) is 0 Å². The average Bonchev–Trinajstić information content (AvgIpc) is 2.00. The highest BCUT2D eigenvalue weighted by Crippen LogP contribution is 2.04. The Morgan fingerprint density at radius 2 is 2.10 bits per heavy atom. The van der Waals surface area contributed by atoms with Crippen molar-refractivity contribution in [3.63, 3.8) is 0 Å². The van der Waals surface area contributed by atoms with Crippen LogP contribution >= 0.6 is 16.3 Å². The summed E-state index contributed by atoms with van der Waals surface area (Å²) in [4.78, 5) is 21.3. The van der Waals surface area contributed by atoms with Crippen molar-refractivity contribution in [2.24, 2.45) is 5.92 Å². The first-order chi connectivity index (χ1) is 4.63. The summed E-state index contributed by atoms with van der Waals surface area (Å²) >= 11 is 2.44. The number of carbonyl (C=O) groups is 2. The van der Waals surface area contributed by atoms with Gasteiger partial charge in [0.1, 0.15) is 0 Å². The first-order valence-electron chi connectivity index (χ1n) is 3.00. The van der Waals surface area contributed by atoms with Gasteiger partial charge in [-0.3, -0.25) is 4.79 Å². The fourth-order valence-corrected chi connectivity index (χ4v) is 0.584. The highest BCUT2D eigenvalue weighted by molar-refractivity contribution is 9.06. The molecule has 0 aromatic rings. The summed E-state index contributed by atoms with van der Waals surface area (Å²) in [5, 5.41) is 0. The lowest BCUT2D eigenvalue weighted by Crippen LogP contribution is -2.20. The van der Waals surface area contributed by atoms with Crippen LogP contribution in [0.5, 0.6) is 0 Å².